The Morgan fingerprint density at radius 1 is 1.19 bits per heavy atom. The minimum atomic E-state index is -1.22. The van der Waals surface area contributed by atoms with Crippen LogP contribution in [0.2, 0.25) is 0 Å². The van der Waals surface area contributed by atoms with Gasteiger partial charge in [0.25, 0.3) is 5.95 Å². The smallest absolute Gasteiger partial charge is 0.320 e. The molecule has 0 amide bonds. The van der Waals surface area contributed by atoms with E-state index in [1.54, 1.807) is 13.8 Å². The first kappa shape index (κ1) is 17.0. The van der Waals surface area contributed by atoms with Gasteiger partial charge < -0.3 is 18.9 Å². The van der Waals surface area contributed by atoms with Crippen LogP contribution in [0.15, 0.2) is 11.5 Å². The molecule has 1 aliphatic rings. The summed E-state index contributed by atoms with van der Waals surface area (Å²) in [7, 11) is 2.35. The lowest BCUT2D eigenvalue weighted by Gasteiger charge is -2.22. The van der Waals surface area contributed by atoms with E-state index in [-0.39, 0.29) is 23.9 Å². The molecule has 0 aromatic rings. The van der Waals surface area contributed by atoms with Crippen molar-refractivity contribution in [3.05, 3.63) is 11.5 Å². The summed E-state index contributed by atoms with van der Waals surface area (Å²) >= 11 is 0. The van der Waals surface area contributed by atoms with Crippen LogP contribution in [0.25, 0.3) is 0 Å². The van der Waals surface area contributed by atoms with E-state index in [1.165, 1.54) is 14.2 Å². The third kappa shape index (κ3) is 3.53. The lowest BCUT2D eigenvalue weighted by molar-refractivity contribution is -0.161. The molecule has 1 rings (SSSR count). The second-order valence-corrected chi connectivity index (χ2v) is 4.38. The average molecular weight is 300 g/mol. The molecule has 118 valence electrons. The van der Waals surface area contributed by atoms with Crippen LogP contribution in [0, 0.1) is 11.8 Å². The Morgan fingerprint density at radius 3 is 2.19 bits per heavy atom. The molecule has 0 aliphatic carbocycles. The van der Waals surface area contributed by atoms with Crippen molar-refractivity contribution in [3.63, 3.8) is 0 Å². The molecule has 1 aliphatic heterocycles. The quantitative estimate of drug-likeness (QED) is 0.508. The van der Waals surface area contributed by atoms with Gasteiger partial charge in [0.2, 0.25) is 5.78 Å². The highest BCUT2D eigenvalue weighted by molar-refractivity contribution is 6.02. The first-order valence-corrected chi connectivity index (χ1v) is 6.70. The van der Waals surface area contributed by atoms with E-state index in [2.05, 4.69) is 9.47 Å². The minimum absolute atomic E-state index is 0.0761. The van der Waals surface area contributed by atoms with Crippen molar-refractivity contribution in [1.29, 1.82) is 0 Å². The van der Waals surface area contributed by atoms with Gasteiger partial charge in [-0.1, -0.05) is 6.92 Å². The average Bonchev–Trinajstić information content (AvgIpc) is 2.84. The van der Waals surface area contributed by atoms with Gasteiger partial charge in [0.05, 0.1) is 26.4 Å². The van der Waals surface area contributed by atoms with E-state index in [1.807, 2.05) is 0 Å². The maximum absolute atomic E-state index is 12.0. The molecule has 0 saturated carbocycles. The fraction of sp³-hybridized carbons (Fsp3) is 0.643. The van der Waals surface area contributed by atoms with Gasteiger partial charge in [-0.05, 0) is 13.3 Å². The topological polar surface area (TPSA) is 88.1 Å². The van der Waals surface area contributed by atoms with Gasteiger partial charge >= 0.3 is 11.9 Å². The van der Waals surface area contributed by atoms with Crippen LogP contribution in [0.1, 0.15) is 20.3 Å². The van der Waals surface area contributed by atoms with Crippen molar-refractivity contribution in [2.75, 3.05) is 27.4 Å². The maximum atomic E-state index is 12.0. The van der Waals surface area contributed by atoms with Crippen molar-refractivity contribution in [1.82, 2.24) is 0 Å². The standard InChI is InChI=1S/C14H20O7/c1-5-8(11(12(16)18-3)13(17)19-4)10-9(15)7-21-14(10)20-6-2/h8,11H,5-7H2,1-4H3. The highest BCUT2D eigenvalue weighted by Gasteiger charge is 2.44. The lowest BCUT2D eigenvalue weighted by atomic mass is 9.82. The van der Waals surface area contributed by atoms with Gasteiger partial charge in [0, 0.05) is 5.92 Å². The van der Waals surface area contributed by atoms with E-state index < -0.39 is 23.8 Å². The summed E-state index contributed by atoms with van der Waals surface area (Å²) in [4.78, 5) is 35.8. The SMILES string of the molecule is CCOC1=C(C(CC)C(C(=O)OC)C(=O)OC)C(=O)CO1. The predicted octanol–water partition coefficient (Wildman–Crippen LogP) is 0.822. The van der Waals surface area contributed by atoms with Crippen LogP contribution in [0.4, 0.5) is 0 Å². The molecule has 0 spiro atoms. The Bertz CT molecular complexity index is 436. The molecule has 0 aromatic carbocycles. The zero-order valence-electron chi connectivity index (χ0n) is 12.6. The van der Waals surface area contributed by atoms with Gasteiger partial charge in [-0.15, -0.1) is 0 Å². The van der Waals surface area contributed by atoms with Gasteiger partial charge in [-0.3, -0.25) is 14.4 Å². The van der Waals surface area contributed by atoms with E-state index in [0.717, 1.165) is 0 Å². The van der Waals surface area contributed by atoms with Crippen molar-refractivity contribution < 1.29 is 33.3 Å². The second-order valence-electron chi connectivity index (χ2n) is 4.38. The molecule has 0 bridgehead atoms. The van der Waals surface area contributed by atoms with Crippen molar-refractivity contribution >= 4 is 17.7 Å². The Kier molecular flexibility index (Phi) is 6.20. The number of methoxy groups -OCH3 is 2. The highest BCUT2D eigenvalue weighted by Crippen LogP contribution is 2.33. The van der Waals surface area contributed by atoms with Gasteiger partial charge in [-0.2, -0.15) is 0 Å². The molecule has 7 heteroatoms. The third-order valence-corrected chi connectivity index (χ3v) is 3.25. The zero-order valence-corrected chi connectivity index (χ0v) is 12.6. The third-order valence-electron chi connectivity index (χ3n) is 3.25. The first-order chi connectivity index (χ1) is 10.0. The molecule has 1 heterocycles. The van der Waals surface area contributed by atoms with Crippen molar-refractivity contribution in [2.45, 2.75) is 20.3 Å². The molecule has 0 saturated heterocycles. The fourth-order valence-electron chi connectivity index (χ4n) is 2.29. The summed E-state index contributed by atoms with van der Waals surface area (Å²) < 4.78 is 19.8. The molecule has 0 N–H and O–H groups in total. The van der Waals surface area contributed by atoms with E-state index in [9.17, 15) is 14.4 Å². The van der Waals surface area contributed by atoms with Crippen molar-refractivity contribution in [2.24, 2.45) is 11.8 Å². The molecule has 7 nitrogen and oxygen atoms in total. The summed E-state index contributed by atoms with van der Waals surface area (Å²) in [6.07, 6.45) is 0.357. The van der Waals surface area contributed by atoms with E-state index in [0.29, 0.717) is 13.0 Å². The van der Waals surface area contributed by atoms with Crippen LogP contribution in [0.3, 0.4) is 0 Å². The van der Waals surface area contributed by atoms with Crippen LogP contribution in [-0.4, -0.2) is 45.2 Å². The van der Waals surface area contributed by atoms with Gasteiger partial charge in [0.1, 0.15) is 0 Å². The van der Waals surface area contributed by atoms with Gasteiger partial charge in [-0.25, -0.2) is 0 Å². The normalized spacial score (nSPS) is 15.8. The molecule has 0 radical (unpaired) electrons. The number of rotatable bonds is 7. The first-order valence-electron chi connectivity index (χ1n) is 6.70. The highest BCUT2D eigenvalue weighted by atomic mass is 16.7. The summed E-state index contributed by atoms with van der Waals surface area (Å²) in [6, 6.07) is 0. The molecule has 1 unspecified atom stereocenters. The molecule has 21 heavy (non-hydrogen) atoms. The Hall–Kier alpha value is -2.05. The Labute approximate surface area is 123 Å². The van der Waals surface area contributed by atoms with Gasteiger partial charge in [0.15, 0.2) is 12.5 Å². The largest absolute Gasteiger partial charge is 0.468 e. The monoisotopic (exact) mass is 300 g/mol. The van der Waals surface area contributed by atoms with Crippen LogP contribution < -0.4 is 0 Å². The number of carbonyl (C=O) groups excluding carboxylic acids is 3. The fourth-order valence-corrected chi connectivity index (χ4v) is 2.29. The number of ether oxygens (including phenoxy) is 4. The van der Waals surface area contributed by atoms with Crippen LogP contribution >= 0.6 is 0 Å². The number of carbonyl (C=O) groups is 3. The van der Waals surface area contributed by atoms with E-state index >= 15 is 0 Å². The second kappa shape index (κ2) is 7.66. The molecule has 0 fully saturated rings. The Balaban J connectivity index is 3.24. The molecule has 0 aromatic heterocycles. The number of Topliss-reactive ketones (excluding diaryl/α,β-unsaturated/α-hetero) is 1. The lowest BCUT2D eigenvalue weighted by Crippen LogP contribution is -2.35. The summed E-state index contributed by atoms with van der Waals surface area (Å²) in [5, 5.41) is 0. The maximum Gasteiger partial charge on any atom is 0.320 e. The van der Waals surface area contributed by atoms with E-state index in [4.69, 9.17) is 9.47 Å². The predicted molar refractivity (Wildman–Crippen MR) is 70.9 cm³/mol. The zero-order chi connectivity index (χ0) is 16.0. The number of hydrogen-bond acceptors (Lipinski definition) is 7. The molecular weight excluding hydrogens is 280 g/mol. The molecular formula is C14H20O7. The molecule has 1 atom stereocenters. The number of ketones is 1. The summed E-state index contributed by atoms with van der Waals surface area (Å²) in [5.74, 6) is -3.66. The van der Waals surface area contributed by atoms with Crippen molar-refractivity contribution in [3.8, 4) is 0 Å². The Morgan fingerprint density at radius 2 is 1.76 bits per heavy atom. The summed E-state index contributed by atoms with van der Waals surface area (Å²) in [5.41, 5.74) is 0.208. The number of hydrogen-bond donors (Lipinski definition) is 0. The van der Waals surface area contributed by atoms with Crippen LogP contribution in [0.5, 0.6) is 0 Å². The minimum Gasteiger partial charge on any atom is -0.468 e. The summed E-state index contributed by atoms with van der Waals surface area (Å²) in [6.45, 7) is 3.65. The van der Waals surface area contributed by atoms with Crippen LogP contribution in [-0.2, 0) is 33.3 Å². The number of esters is 2.